The van der Waals surface area contributed by atoms with Crippen LogP contribution in [0.3, 0.4) is 0 Å². The van der Waals surface area contributed by atoms with Crippen molar-refractivity contribution >= 4 is 22.4 Å². The Morgan fingerprint density at radius 2 is 1.83 bits per heavy atom. The Balaban J connectivity index is 1.22. The topological polar surface area (TPSA) is 73.3 Å². The number of aromatic nitrogens is 2. The summed E-state index contributed by atoms with van der Waals surface area (Å²) in [6.45, 7) is 1.89. The lowest BCUT2D eigenvalue weighted by Crippen LogP contribution is -2.48. The van der Waals surface area contributed by atoms with E-state index in [1.54, 1.807) is 18.4 Å². The van der Waals surface area contributed by atoms with E-state index >= 15 is 0 Å². The Morgan fingerprint density at radius 1 is 1.14 bits per heavy atom. The van der Waals surface area contributed by atoms with E-state index in [1.165, 1.54) is 38.5 Å². The Kier molecular flexibility index (Phi) is 4.73. The number of carbonyl (C=O) groups is 1. The van der Waals surface area contributed by atoms with Crippen LogP contribution in [0.1, 0.15) is 49.1 Å². The van der Waals surface area contributed by atoms with Gasteiger partial charge in [-0.3, -0.25) is 10.1 Å². The Morgan fingerprint density at radius 3 is 2.48 bits per heavy atom. The highest BCUT2D eigenvalue weighted by Gasteiger charge is 2.53. The third kappa shape index (κ3) is 3.61. The Hall–Kier alpha value is -2.15. The number of ether oxygens (including phenoxy) is 2. The summed E-state index contributed by atoms with van der Waals surface area (Å²) in [6, 6.07) is 5.63. The molecule has 2 aromatic rings. The average Bonchev–Trinajstić information content (AvgIpc) is 3.15. The lowest BCUT2D eigenvalue weighted by molar-refractivity contribution is -0.118. The highest BCUT2D eigenvalue weighted by Crippen LogP contribution is 2.61. The van der Waals surface area contributed by atoms with Gasteiger partial charge in [-0.2, -0.15) is 0 Å². The summed E-state index contributed by atoms with van der Waals surface area (Å²) in [5, 5.41) is 13.3. The highest BCUT2D eigenvalue weighted by atomic mass is 32.1. The maximum absolute atomic E-state index is 12.4. The normalized spacial score (nSPS) is 29.7. The van der Waals surface area contributed by atoms with E-state index in [2.05, 4.69) is 15.5 Å². The van der Waals surface area contributed by atoms with Crippen molar-refractivity contribution in [1.82, 2.24) is 10.2 Å². The first-order chi connectivity index (χ1) is 14.0. The first kappa shape index (κ1) is 18.9. The molecule has 1 N–H and O–H groups in total. The van der Waals surface area contributed by atoms with E-state index in [1.807, 2.05) is 25.1 Å². The predicted octanol–water partition coefficient (Wildman–Crippen LogP) is 4.34. The molecule has 0 atom stereocenters. The first-order valence-electron chi connectivity index (χ1n) is 10.4. The predicted molar refractivity (Wildman–Crippen MR) is 112 cm³/mol. The third-order valence-electron chi connectivity index (χ3n) is 6.84. The van der Waals surface area contributed by atoms with Gasteiger partial charge in [-0.05, 0) is 80.9 Å². The van der Waals surface area contributed by atoms with E-state index in [9.17, 15) is 4.79 Å². The second kappa shape index (κ2) is 7.27. The summed E-state index contributed by atoms with van der Waals surface area (Å²) in [7, 11) is 1.59. The smallest absolute Gasteiger partial charge is 0.264 e. The number of hydrogen-bond donors (Lipinski definition) is 1. The van der Waals surface area contributed by atoms with Gasteiger partial charge in [-0.1, -0.05) is 17.4 Å². The molecule has 154 valence electrons. The number of hydrogen-bond acceptors (Lipinski definition) is 6. The zero-order chi connectivity index (χ0) is 20.0. The van der Waals surface area contributed by atoms with Crippen LogP contribution in [0.4, 0.5) is 5.13 Å². The number of carbonyl (C=O) groups excluding carboxylic acids is 1. The maximum Gasteiger partial charge on any atom is 0.264 e. The van der Waals surface area contributed by atoms with Crippen molar-refractivity contribution in [2.24, 2.45) is 17.8 Å². The average molecular weight is 414 g/mol. The summed E-state index contributed by atoms with van der Waals surface area (Å²) in [4.78, 5) is 12.4. The summed E-state index contributed by atoms with van der Waals surface area (Å²) in [5.74, 6) is 3.53. The molecule has 0 aliphatic heterocycles. The molecular weight excluding hydrogens is 386 g/mol. The van der Waals surface area contributed by atoms with E-state index < -0.39 is 0 Å². The summed E-state index contributed by atoms with van der Waals surface area (Å²) < 4.78 is 11.0. The van der Waals surface area contributed by atoms with Crippen LogP contribution in [0.15, 0.2) is 18.2 Å². The van der Waals surface area contributed by atoms with Crippen LogP contribution in [0, 0.1) is 24.7 Å². The van der Waals surface area contributed by atoms with Crippen molar-refractivity contribution in [3.8, 4) is 11.5 Å². The Bertz CT molecular complexity index is 890. The molecule has 4 saturated carbocycles. The van der Waals surface area contributed by atoms with Crippen molar-refractivity contribution in [2.45, 2.75) is 50.9 Å². The largest absolute Gasteiger partial charge is 0.493 e. The van der Waals surface area contributed by atoms with Gasteiger partial charge in [-0.15, -0.1) is 10.2 Å². The van der Waals surface area contributed by atoms with Crippen LogP contribution in [0.2, 0.25) is 0 Å². The lowest BCUT2D eigenvalue weighted by atomic mass is 9.50. The summed E-state index contributed by atoms with van der Waals surface area (Å²) >= 11 is 1.55. The molecular formula is C22H27N3O3S. The quantitative estimate of drug-likeness (QED) is 0.763. The fraction of sp³-hybridized carbons (Fsp3) is 0.591. The minimum absolute atomic E-state index is 0.0916. The van der Waals surface area contributed by atoms with Crippen molar-refractivity contribution in [3.63, 3.8) is 0 Å². The lowest BCUT2D eigenvalue weighted by Gasteiger charge is -2.55. The van der Waals surface area contributed by atoms with Crippen LogP contribution in [-0.4, -0.2) is 29.8 Å². The molecule has 4 fully saturated rings. The number of rotatable bonds is 6. The SMILES string of the molecule is COc1cc(C)ccc1OCC(=O)Nc1nnc(C23CC4CC(CC(C4)C2)C3)s1. The summed E-state index contributed by atoms with van der Waals surface area (Å²) in [5.41, 5.74) is 1.28. The van der Waals surface area contributed by atoms with Crippen LogP contribution < -0.4 is 14.8 Å². The van der Waals surface area contributed by atoms with Gasteiger partial charge in [0.1, 0.15) is 5.01 Å². The van der Waals surface area contributed by atoms with Gasteiger partial charge in [0, 0.05) is 5.41 Å². The molecule has 6 nitrogen and oxygen atoms in total. The molecule has 4 aliphatic carbocycles. The number of anilines is 1. The number of aryl methyl sites for hydroxylation is 1. The first-order valence-corrected chi connectivity index (χ1v) is 11.3. The number of methoxy groups -OCH3 is 1. The van der Waals surface area contributed by atoms with Gasteiger partial charge < -0.3 is 9.47 Å². The minimum Gasteiger partial charge on any atom is -0.493 e. The van der Waals surface area contributed by atoms with Gasteiger partial charge in [0.05, 0.1) is 7.11 Å². The molecule has 1 heterocycles. The molecule has 6 rings (SSSR count). The molecule has 1 amide bonds. The molecule has 1 aromatic carbocycles. The number of benzene rings is 1. The van der Waals surface area contributed by atoms with E-state index in [4.69, 9.17) is 9.47 Å². The van der Waals surface area contributed by atoms with Gasteiger partial charge in [0.25, 0.3) is 5.91 Å². The molecule has 29 heavy (non-hydrogen) atoms. The molecule has 1 aromatic heterocycles. The fourth-order valence-corrected chi connectivity index (χ4v) is 7.03. The molecule has 7 heteroatoms. The van der Waals surface area contributed by atoms with Crippen LogP contribution >= 0.6 is 11.3 Å². The second-order valence-corrected chi connectivity index (χ2v) is 10.1. The second-order valence-electron chi connectivity index (χ2n) is 9.10. The van der Waals surface area contributed by atoms with E-state index in [0.717, 1.165) is 28.3 Å². The van der Waals surface area contributed by atoms with Gasteiger partial charge in [-0.25, -0.2) is 0 Å². The zero-order valence-electron chi connectivity index (χ0n) is 16.9. The number of nitrogens with zero attached hydrogens (tertiary/aromatic N) is 2. The molecule has 0 unspecified atom stereocenters. The van der Waals surface area contributed by atoms with Gasteiger partial charge in [0.15, 0.2) is 18.1 Å². The monoisotopic (exact) mass is 413 g/mol. The van der Waals surface area contributed by atoms with Crippen molar-refractivity contribution in [1.29, 1.82) is 0 Å². The summed E-state index contributed by atoms with van der Waals surface area (Å²) in [6.07, 6.45) is 7.96. The standard InChI is InChI=1S/C22H27N3O3S/c1-13-3-4-17(18(5-13)27-2)28-12-19(26)23-21-25-24-20(29-21)22-9-14-6-15(10-22)8-16(7-14)11-22/h3-5,14-16H,6-12H2,1-2H3,(H,23,25,26). The molecule has 0 radical (unpaired) electrons. The van der Waals surface area contributed by atoms with Gasteiger partial charge in [0.2, 0.25) is 5.13 Å². The van der Waals surface area contributed by atoms with Crippen molar-refractivity contribution in [3.05, 3.63) is 28.8 Å². The third-order valence-corrected chi connectivity index (χ3v) is 7.93. The maximum atomic E-state index is 12.4. The van der Waals surface area contributed by atoms with Crippen molar-refractivity contribution < 1.29 is 14.3 Å². The van der Waals surface area contributed by atoms with Crippen LogP contribution in [0.25, 0.3) is 0 Å². The molecule has 4 aliphatic rings. The molecule has 4 bridgehead atoms. The number of amides is 1. The molecule has 0 spiro atoms. The zero-order valence-corrected chi connectivity index (χ0v) is 17.8. The highest BCUT2D eigenvalue weighted by molar-refractivity contribution is 7.15. The van der Waals surface area contributed by atoms with E-state index in [0.29, 0.717) is 16.6 Å². The van der Waals surface area contributed by atoms with Gasteiger partial charge >= 0.3 is 0 Å². The molecule has 0 saturated heterocycles. The fourth-order valence-electron chi connectivity index (χ4n) is 6.05. The Labute approximate surface area is 175 Å². The number of nitrogens with one attached hydrogen (secondary N) is 1. The minimum atomic E-state index is -0.235. The van der Waals surface area contributed by atoms with E-state index in [-0.39, 0.29) is 17.9 Å². The van der Waals surface area contributed by atoms with Crippen LogP contribution in [-0.2, 0) is 10.2 Å². The van der Waals surface area contributed by atoms with Crippen LogP contribution in [0.5, 0.6) is 11.5 Å². The van der Waals surface area contributed by atoms with Crippen molar-refractivity contribution in [2.75, 3.05) is 19.0 Å².